The molecule has 0 bridgehead atoms. The maximum Gasteiger partial charge on any atom is 0.303 e. The number of hydrogen-bond acceptors (Lipinski definition) is 7. The van der Waals surface area contributed by atoms with Gasteiger partial charge in [-0.3, -0.25) is 4.79 Å². The minimum atomic E-state index is -4.09. The molecule has 39 heavy (non-hydrogen) atoms. The van der Waals surface area contributed by atoms with Gasteiger partial charge in [-0.15, -0.1) is 22.7 Å². The molecule has 0 aliphatic rings. The van der Waals surface area contributed by atoms with Crippen LogP contribution in [0.5, 0.6) is 5.75 Å². The molecule has 0 atom stereocenters. The summed E-state index contributed by atoms with van der Waals surface area (Å²) in [5.41, 5.74) is 2.17. The van der Waals surface area contributed by atoms with Crippen LogP contribution in [0, 0.1) is 11.3 Å². The van der Waals surface area contributed by atoms with Crippen molar-refractivity contribution in [1.82, 2.24) is 3.97 Å². The van der Waals surface area contributed by atoms with Crippen LogP contribution in [0.25, 0.3) is 32.6 Å². The molecule has 0 aliphatic heterocycles. The van der Waals surface area contributed by atoms with Gasteiger partial charge in [-0.25, -0.2) is 12.4 Å². The number of hydrogen-bond donors (Lipinski definition) is 1. The zero-order chi connectivity index (χ0) is 27.6. The number of benzene rings is 2. The highest BCUT2D eigenvalue weighted by atomic mass is 35.5. The quantitative estimate of drug-likeness (QED) is 0.167. The van der Waals surface area contributed by atoms with Crippen LogP contribution in [0.4, 0.5) is 0 Å². The van der Waals surface area contributed by atoms with Gasteiger partial charge in [0.1, 0.15) is 16.7 Å². The van der Waals surface area contributed by atoms with Crippen LogP contribution in [0.3, 0.4) is 0 Å². The van der Waals surface area contributed by atoms with Crippen LogP contribution in [0.2, 0.25) is 5.02 Å². The fourth-order valence-electron chi connectivity index (χ4n) is 4.36. The molecule has 0 radical (unpaired) electrons. The molecule has 1 N–H and O–H groups in total. The third-order valence-electron chi connectivity index (χ3n) is 6.09. The van der Waals surface area contributed by atoms with Crippen LogP contribution >= 0.6 is 34.3 Å². The fraction of sp³-hybridized carbons (Fsp3) is 0.143. The van der Waals surface area contributed by atoms with E-state index in [1.807, 2.05) is 29.0 Å². The van der Waals surface area contributed by atoms with Gasteiger partial charge in [-0.2, -0.15) is 5.26 Å². The van der Waals surface area contributed by atoms with Gasteiger partial charge in [0.25, 0.3) is 10.0 Å². The summed E-state index contributed by atoms with van der Waals surface area (Å²) >= 11 is 8.74. The largest absolute Gasteiger partial charge is 0.494 e. The zero-order valence-corrected chi connectivity index (χ0v) is 23.5. The van der Waals surface area contributed by atoms with E-state index in [2.05, 4.69) is 6.07 Å². The van der Waals surface area contributed by atoms with Gasteiger partial charge in [0.05, 0.1) is 27.6 Å². The Bertz CT molecular complexity index is 1800. The summed E-state index contributed by atoms with van der Waals surface area (Å²) in [7, 11) is -4.09. The molecule has 2 aromatic carbocycles. The molecule has 0 saturated heterocycles. The zero-order valence-electron chi connectivity index (χ0n) is 20.3. The Balaban J connectivity index is 1.75. The van der Waals surface area contributed by atoms with Crippen molar-refractivity contribution in [3.63, 3.8) is 0 Å². The van der Waals surface area contributed by atoms with Crippen molar-refractivity contribution in [3.8, 4) is 33.5 Å². The van der Waals surface area contributed by atoms with E-state index in [0.717, 1.165) is 4.88 Å². The summed E-state index contributed by atoms with van der Waals surface area (Å²) in [4.78, 5) is 12.1. The number of nitriles is 1. The van der Waals surface area contributed by atoms with Gasteiger partial charge in [0, 0.05) is 28.0 Å². The third-order valence-corrected chi connectivity index (χ3v) is 9.77. The second kappa shape index (κ2) is 11.2. The number of thiophene rings is 2. The molecule has 11 heteroatoms. The Morgan fingerprint density at radius 2 is 1.85 bits per heavy atom. The van der Waals surface area contributed by atoms with Gasteiger partial charge >= 0.3 is 5.97 Å². The van der Waals surface area contributed by atoms with E-state index in [4.69, 9.17) is 21.4 Å². The molecule has 0 aliphatic carbocycles. The summed E-state index contributed by atoms with van der Waals surface area (Å²) in [6.45, 7) is 0.317. The van der Waals surface area contributed by atoms with E-state index in [1.54, 1.807) is 18.2 Å². The van der Waals surface area contributed by atoms with Crippen LogP contribution in [0.1, 0.15) is 24.1 Å². The Hall–Kier alpha value is -3.62. The summed E-state index contributed by atoms with van der Waals surface area (Å²) in [6.07, 6.45) is 1.12. The molecule has 3 heterocycles. The molecular formula is C28H21ClN2O5S3. The first-order chi connectivity index (χ1) is 18.8. The average molecular weight is 597 g/mol. The van der Waals surface area contributed by atoms with Crippen LogP contribution in [0.15, 0.2) is 76.3 Å². The maximum atomic E-state index is 14.2. The SMILES string of the molecule is N#Cc1sccc1-c1c(-c2cccs2)n(S(=O)(=O)c2ccc(Cl)cc2)c2ccc(OCCCCC(=O)O)cc12. The van der Waals surface area contributed by atoms with Gasteiger partial charge in [0.15, 0.2) is 0 Å². The number of halogens is 1. The van der Waals surface area contributed by atoms with Gasteiger partial charge < -0.3 is 9.84 Å². The van der Waals surface area contributed by atoms with E-state index in [0.29, 0.717) is 62.8 Å². The van der Waals surface area contributed by atoms with Crippen molar-refractivity contribution < 1.29 is 23.1 Å². The highest BCUT2D eigenvalue weighted by Crippen LogP contribution is 2.47. The smallest absolute Gasteiger partial charge is 0.303 e. The first-order valence-electron chi connectivity index (χ1n) is 11.9. The molecule has 0 spiro atoms. The number of rotatable bonds is 10. The monoisotopic (exact) mass is 596 g/mol. The van der Waals surface area contributed by atoms with Crippen molar-refractivity contribution in [2.24, 2.45) is 0 Å². The second-order valence-corrected chi connectivity index (χ2v) is 12.7. The lowest BCUT2D eigenvalue weighted by Crippen LogP contribution is -2.14. The lowest BCUT2D eigenvalue weighted by Gasteiger charge is -2.13. The number of fused-ring (bicyclic) bond motifs is 1. The summed E-state index contributed by atoms with van der Waals surface area (Å²) < 4.78 is 35.6. The molecule has 0 saturated carbocycles. The van der Waals surface area contributed by atoms with E-state index >= 15 is 0 Å². The van der Waals surface area contributed by atoms with Crippen LogP contribution in [-0.2, 0) is 14.8 Å². The topological polar surface area (TPSA) is 109 Å². The number of aliphatic carboxylic acids is 1. The van der Waals surface area contributed by atoms with Gasteiger partial charge in [-0.1, -0.05) is 17.7 Å². The molecule has 3 aromatic heterocycles. The molecular weight excluding hydrogens is 576 g/mol. The predicted octanol–water partition coefficient (Wildman–Crippen LogP) is 7.49. The van der Waals surface area contributed by atoms with Crippen LogP contribution < -0.4 is 4.74 Å². The number of carbonyl (C=O) groups is 1. The van der Waals surface area contributed by atoms with Crippen LogP contribution in [-0.4, -0.2) is 30.1 Å². The molecule has 0 unspecified atom stereocenters. The predicted molar refractivity (Wildman–Crippen MR) is 154 cm³/mol. The minimum Gasteiger partial charge on any atom is -0.494 e. The lowest BCUT2D eigenvalue weighted by atomic mass is 10.0. The average Bonchev–Trinajstić information content (AvgIpc) is 3.66. The van der Waals surface area contributed by atoms with Gasteiger partial charge in [-0.05, 0) is 78.2 Å². The van der Waals surface area contributed by atoms with Crippen molar-refractivity contribution in [3.05, 3.63) is 81.3 Å². The number of nitrogens with zero attached hydrogens (tertiary/aromatic N) is 2. The summed E-state index contributed by atoms with van der Waals surface area (Å²) in [6, 6.07) is 19.0. The lowest BCUT2D eigenvalue weighted by molar-refractivity contribution is -0.137. The van der Waals surface area contributed by atoms with Crippen molar-refractivity contribution in [2.75, 3.05) is 6.61 Å². The molecule has 0 amide bonds. The number of carboxylic acids is 1. The highest BCUT2D eigenvalue weighted by Gasteiger charge is 2.30. The summed E-state index contributed by atoms with van der Waals surface area (Å²) in [5, 5.41) is 23.4. The second-order valence-electron chi connectivity index (χ2n) is 8.58. The van der Waals surface area contributed by atoms with E-state index < -0.39 is 16.0 Å². The van der Waals surface area contributed by atoms with Crippen molar-refractivity contribution >= 4 is 61.2 Å². The highest BCUT2D eigenvalue weighted by molar-refractivity contribution is 7.90. The van der Waals surface area contributed by atoms with E-state index in [9.17, 15) is 18.5 Å². The Kier molecular flexibility index (Phi) is 7.77. The molecule has 7 nitrogen and oxygen atoms in total. The Morgan fingerprint density at radius 3 is 2.54 bits per heavy atom. The maximum absolute atomic E-state index is 14.2. The first kappa shape index (κ1) is 27.0. The number of ether oxygens (including phenoxy) is 1. The number of unbranched alkanes of at least 4 members (excludes halogenated alkanes) is 1. The third kappa shape index (κ3) is 5.31. The van der Waals surface area contributed by atoms with Gasteiger partial charge in [0.2, 0.25) is 0 Å². The van der Waals surface area contributed by atoms with E-state index in [1.165, 1.54) is 50.9 Å². The minimum absolute atomic E-state index is 0.0667. The molecule has 198 valence electrons. The first-order valence-corrected chi connectivity index (χ1v) is 15.4. The molecule has 0 fully saturated rings. The Labute approximate surface area is 238 Å². The molecule has 5 aromatic rings. The number of aromatic nitrogens is 1. The molecule has 5 rings (SSSR count). The normalized spacial score (nSPS) is 11.5. The van der Waals surface area contributed by atoms with E-state index in [-0.39, 0.29) is 11.3 Å². The van der Waals surface area contributed by atoms with Crippen molar-refractivity contribution in [2.45, 2.75) is 24.2 Å². The Morgan fingerprint density at radius 1 is 1.05 bits per heavy atom. The summed E-state index contributed by atoms with van der Waals surface area (Å²) in [5.74, 6) is -0.332. The number of carboxylic acid groups (broad SMARTS) is 1. The standard InChI is InChI=1S/C28H21ClN2O5S3/c29-18-6-9-20(10-7-18)39(34,35)31-23-11-8-19(36-13-2-1-5-26(32)33)16-22(23)27(21-12-15-38-25(21)17-30)28(31)24-4-3-14-37-24/h3-4,6-12,14-16H,1-2,5,13H2,(H,32,33). The van der Waals surface area contributed by atoms with Crippen molar-refractivity contribution in [1.29, 1.82) is 5.26 Å². The fourth-order valence-corrected chi connectivity index (χ4v) is 7.54.